The first-order valence-electron chi connectivity index (χ1n) is 9.39. The molecule has 2 N–H and O–H groups in total. The molecule has 0 radical (unpaired) electrons. The zero-order valence-electron chi connectivity index (χ0n) is 16.9. The van der Waals surface area contributed by atoms with Crippen molar-refractivity contribution in [1.82, 2.24) is 9.88 Å². The number of pyridine rings is 1. The normalized spacial score (nSPS) is 14.0. The first kappa shape index (κ1) is 20.8. The third-order valence-corrected chi connectivity index (χ3v) is 6.25. The molecule has 0 aliphatic carbocycles. The van der Waals surface area contributed by atoms with Gasteiger partial charge in [-0.3, -0.25) is 4.79 Å². The Morgan fingerprint density at radius 1 is 1.10 bits per heavy atom. The van der Waals surface area contributed by atoms with Crippen LogP contribution in [0.15, 0.2) is 53.6 Å². The molecule has 2 aromatic carbocycles. The molecule has 4 rings (SSSR count). The number of fused-ring (bicyclic) bond motifs is 5. The number of ether oxygens (including phenoxy) is 1. The molecule has 1 amide bonds. The van der Waals surface area contributed by atoms with Crippen molar-refractivity contribution in [2.75, 3.05) is 19.0 Å². The molecule has 9 heteroatoms. The molecule has 0 atom stereocenters. The lowest BCUT2D eigenvalue weighted by molar-refractivity contribution is 0.0782. The number of carbonyl (C=O) groups excluding carboxylic acids is 1. The first-order chi connectivity index (χ1) is 14.6. The molecule has 0 fully saturated rings. The second kappa shape index (κ2) is 7.66. The van der Waals surface area contributed by atoms with Crippen molar-refractivity contribution >= 4 is 21.6 Å². The number of benzene rings is 2. The van der Waals surface area contributed by atoms with E-state index in [1.54, 1.807) is 25.2 Å². The summed E-state index contributed by atoms with van der Waals surface area (Å²) in [7, 11) is -1.82. The summed E-state index contributed by atoms with van der Waals surface area (Å²) in [5.41, 5.74) is 8.54. The molecule has 1 aliphatic rings. The monoisotopic (exact) mass is 441 g/mol. The molecule has 2 heterocycles. The van der Waals surface area contributed by atoms with Gasteiger partial charge in [-0.05, 0) is 47.5 Å². The lowest BCUT2D eigenvalue weighted by atomic mass is 9.99. The fraction of sp³-hybridized carbons (Fsp3) is 0.182. The summed E-state index contributed by atoms with van der Waals surface area (Å²) in [5.74, 6) is -0.414. The maximum atomic E-state index is 13.8. The van der Waals surface area contributed by atoms with Crippen molar-refractivity contribution in [2.45, 2.75) is 18.0 Å². The summed E-state index contributed by atoms with van der Waals surface area (Å²) in [6.45, 7) is 0.119. The third kappa shape index (κ3) is 4.09. The fourth-order valence-corrected chi connectivity index (χ4v) is 4.14. The van der Waals surface area contributed by atoms with E-state index >= 15 is 0 Å². The average molecular weight is 441 g/mol. The number of carbonyl (C=O) groups is 1. The molecule has 1 aromatic heterocycles. The van der Waals surface area contributed by atoms with Crippen LogP contribution in [0.25, 0.3) is 11.1 Å². The Morgan fingerprint density at radius 3 is 2.61 bits per heavy atom. The maximum absolute atomic E-state index is 13.8. The van der Waals surface area contributed by atoms with E-state index in [1.807, 2.05) is 0 Å². The van der Waals surface area contributed by atoms with Crippen molar-refractivity contribution < 1.29 is 22.3 Å². The van der Waals surface area contributed by atoms with E-state index in [0.717, 1.165) is 6.26 Å². The Kier molecular flexibility index (Phi) is 5.14. The topological polar surface area (TPSA) is 103 Å². The zero-order valence-corrected chi connectivity index (χ0v) is 17.7. The van der Waals surface area contributed by atoms with Gasteiger partial charge in [-0.2, -0.15) is 0 Å². The maximum Gasteiger partial charge on any atom is 0.254 e. The van der Waals surface area contributed by atoms with Gasteiger partial charge in [0.2, 0.25) is 0 Å². The van der Waals surface area contributed by atoms with E-state index in [4.69, 9.17) is 10.5 Å². The summed E-state index contributed by atoms with van der Waals surface area (Å²) in [6, 6.07) is 10.3. The first-order valence-corrected chi connectivity index (χ1v) is 11.3. The van der Waals surface area contributed by atoms with Gasteiger partial charge in [0.15, 0.2) is 21.4 Å². The molecule has 0 spiro atoms. The molecular weight excluding hydrogens is 421 g/mol. The van der Waals surface area contributed by atoms with E-state index in [9.17, 15) is 17.6 Å². The summed E-state index contributed by atoms with van der Waals surface area (Å²) < 4.78 is 43.8. The van der Waals surface area contributed by atoms with Crippen LogP contribution in [0.4, 0.5) is 10.2 Å². The van der Waals surface area contributed by atoms with Gasteiger partial charge in [0, 0.05) is 42.7 Å². The number of sulfone groups is 1. The Balaban J connectivity index is 1.93. The van der Waals surface area contributed by atoms with Gasteiger partial charge in [0.05, 0.1) is 4.90 Å². The zero-order chi connectivity index (χ0) is 22.3. The van der Waals surface area contributed by atoms with Gasteiger partial charge in [-0.1, -0.05) is 6.07 Å². The molecule has 7 nitrogen and oxygen atoms in total. The fourth-order valence-electron chi connectivity index (χ4n) is 3.49. The lowest BCUT2D eigenvalue weighted by Crippen LogP contribution is -2.28. The second-order valence-corrected chi connectivity index (χ2v) is 9.47. The van der Waals surface area contributed by atoms with Crippen molar-refractivity contribution in [3.63, 3.8) is 0 Å². The van der Waals surface area contributed by atoms with E-state index in [1.165, 1.54) is 35.4 Å². The number of nitrogens with two attached hydrogens (primary N) is 1. The van der Waals surface area contributed by atoms with Crippen LogP contribution in [0.1, 0.15) is 21.5 Å². The Bertz CT molecular complexity index is 1310. The van der Waals surface area contributed by atoms with Gasteiger partial charge in [-0.25, -0.2) is 17.8 Å². The van der Waals surface area contributed by atoms with Gasteiger partial charge < -0.3 is 15.4 Å². The van der Waals surface area contributed by atoms with Crippen LogP contribution >= 0.6 is 0 Å². The average Bonchev–Trinajstić information content (AvgIpc) is 2.71. The standard InChI is InChI=1S/C22H20FN3O4S/c1-26-11-13-3-5-17(31(2,28)29)9-19(13)14-8-20(21(24)25-10-14)30-12-15-7-16(23)4-6-18(15)22(26)27/h3-10H,11-12H2,1-2H3,(H2,24,25). The quantitative estimate of drug-likeness (QED) is 0.623. The van der Waals surface area contributed by atoms with Crippen molar-refractivity contribution in [2.24, 2.45) is 0 Å². The van der Waals surface area contributed by atoms with Gasteiger partial charge in [-0.15, -0.1) is 0 Å². The minimum atomic E-state index is -3.45. The third-order valence-electron chi connectivity index (χ3n) is 5.14. The van der Waals surface area contributed by atoms with Crippen molar-refractivity contribution in [3.05, 3.63) is 71.2 Å². The number of amides is 1. The van der Waals surface area contributed by atoms with Gasteiger partial charge >= 0.3 is 0 Å². The van der Waals surface area contributed by atoms with E-state index < -0.39 is 15.7 Å². The number of hydrogen-bond acceptors (Lipinski definition) is 6. The highest BCUT2D eigenvalue weighted by atomic mass is 32.2. The molecule has 1 aliphatic heterocycles. The molecule has 0 saturated carbocycles. The highest BCUT2D eigenvalue weighted by Crippen LogP contribution is 2.33. The summed E-state index contributed by atoms with van der Waals surface area (Å²) in [5, 5.41) is 0. The molecule has 31 heavy (non-hydrogen) atoms. The van der Waals surface area contributed by atoms with E-state index in [-0.39, 0.29) is 35.5 Å². The molecule has 2 bridgehead atoms. The second-order valence-electron chi connectivity index (χ2n) is 7.45. The summed E-state index contributed by atoms with van der Waals surface area (Å²) >= 11 is 0. The minimum absolute atomic E-state index is 0.0851. The number of rotatable bonds is 1. The molecule has 0 unspecified atom stereocenters. The van der Waals surface area contributed by atoms with Gasteiger partial charge in [0.25, 0.3) is 5.91 Å². The minimum Gasteiger partial charge on any atom is -0.485 e. The lowest BCUT2D eigenvalue weighted by Gasteiger charge is -2.23. The van der Waals surface area contributed by atoms with E-state index in [2.05, 4.69) is 4.98 Å². The Labute approximate surface area is 179 Å². The highest BCUT2D eigenvalue weighted by Gasteiger charge is 2.21. The van der Waals surface area contributed by atoms with Crippen LogP contribution in [-0.2, 0) is 23.0 Å². The Morgan fingerprint density at radius 2 is 1.87 bits per heavy atom. The SMILES string of the molecule is CN1Cc2ccc(S(C)(=O)=O)cc2-c2cnc(N)c(c2)OCc2cc(F)ccc2C1=O. The predicted molar refractivity (Wildman–Crippen MR) is 114 cm³/mol. The van der Waals surface area contributed by atoms with Crippen LogP contribution in [0.2, 0.25) is 0 Å². The number of nitrogen functional groups attached to an aromatic ring is 1. The van der Waals surface area contributed by atoms with Gasteiger partial charge in [0.1, 0.15) is 12.4 Å². The van der Waals surface area contributed by atoms with Crippen molar-refractivity contribution in [3.8, 4) is 16.9 Å². The Hall–Kier alpha value is -3.46. The van der Waals surface area contributed by atoms with Crippen LogP contribution < -0.4 is 10.5 Å². The molecule has 0 saturated heterocycles. The highest BCUT2D eigenvalue weighted by molar-refractivity contribution is 7.90. The number of halogens is 1. The smallest absolute Gasteiger partial charge is 0.254 e. The van der Waals surface area contributed by atoms with Crippen LogP contribution in [0.3, 0.4) is 0 Å². The van der Waals surface area contributed by atoms with E-state index in [0.29, 0.717) is 27.8 Å². The summed E-state index contributed by atoms with van der Waals surface area (Å²) in [6.07, 6.45) is 2.65. The molecule has 160 valence electrons. The van der Waals surface area contributed by atoms with Crippen LogP contribution in [-0.4, -0.2) is 37.5 Å². The summed E-state index contributed by atoms with van der Waals surface area (Å²) in [4.78, 5) is 18.9. The van der Waals surface area contributed by atoms with Crippen LogP contribution in [0.5, 0.6) is 5.75 Å². The largest absolute Gasteiger partial charge is 0.485 e. The van der Waals surface area contributed by atoms with Crippen LogP contribution in [0, 0.1) is 5.82 Å². The number of hydrogen-bond donors (Lipinski definition) is 1. The number of aromatic nitrogens is 1. The molecule has 3 aromatic rings. The van der Waals surface area contributed by atoms with Crippen molar-refractivity contribution in [1.29, 1.82) is 0 Å². The molecular formula is C22H20FN3O4S. The predicted octanol–water partition coefficient (Wildman–Crippen LogP) is 3.04. The number of anilines is 1. The number of nitrogens with zero attached hydrogens (tertiary/aromatic N) is 2.